The van der Waals surface area contributed by atoms with Crippen molar-refractivity contribution >= 4 is 104 Å². The summed E-state index contributed by atoms with van der Waals surface area (Å²) in [6.07, 6.45) is 0. The molecule has 2 aliphatic carbocycles. The summed E-state index contributed by atoms with van der Waals surface area (Å²) in [6, 6.07) is 15.0. The zero-order valence-electron chi connectivity index (χ0n) is 24.0. The first-order valence-electron chi connectivity index (χ1n) is 13.8. The molecule has 3 amide bonds. The highest BCUT2D eigenvalue weighted by Gasteiger charge is 2.88. The van der Waals surface area contributed by atoms with Crippen molar-refractivity contribution in [3.63, 3.8) is 0 Å². The van der Waals surface area contributed by atoms with Crippen LogP contribution in [0.4, 0.5) is 11.4 Å². The Kier molecular flexibility index (Phi) is 8.62. The van der Waals surface area contributed by atoms with Crippen LogP contribution >= 0.6 is 69.6 Å². The molecule has 4 atom stereocenters. The second kappa shape index (κ2) is 12.1. The van der Waals surface area contributed by atoms with Crippen LogP contribution in [0.25, 0.3) is 0 Å². The topological polar surface area (TPSA) is 170 Å². The van der Waals surface area contributed by atoms with Crippen LogP contribution in [0.15, 0.2) is 82.9 Å². The lowest BCUT2D eigenvalue weighted by Gasteiger charge is -2.36. The van der Waals surface area contributed by atoms with Crippen LogP contribution in [0.2, 0.25) is 0 Å². The molecular weight excluding hydrogens is 773 g/mol. The summed E-state index contributed by atoms with van der Waals surface area (Å²) in [5.74, 6) is -6.70. The highest BCUT2D eigenvalue weighted by atomic mass is 35.5. The summed E-state index contributed by atoms with van der Waals surface area (Å²) in [5.41, 5.74) is -0.682. The van der Waals surface area contributed by atoms with E-state index in [1.807, 2.05) is 0 Å². The van der Waals surface area contributed by atoms with Gasteiger partial charge < -0.3 is 4.74 Å². The van der Waals surface area contributed by atoms with E-state index in [1.165, 1.54) is 48.5 Å². The number of rotatable bonds is 9. The van der Waals surface area contributed by atoms with Gasteiger partial charge in [-0.25, -0.2) is 5.01 Å². The van der Waals surface area contributed by atoms with E-state index < -0.39 is 65.8 Å². The normalized spacial score (nSPS) is 25.0. The summed E-state index contributed by atoms with van der Waals surface area (Å²) < 4.78 is 3.42. The van der Waals surface area contributed by atoms with Gasteiger partial charge in [-0.3, -0.25) is 39.4 Å². The van der Waals surface area contributed by atoms with Gasteiger partial charge in [-0.2, -0.15) is 5.01 Å². The Bertz CT molecular complexity index is 1960. The molecule has 19 heteroatoms. The van der Waals surface area contributed by atoms with Gasteiger partial charge in [0.2, 0.25) is 0 Å². The predicted octanol–water partition coefficient (Wildman–Crippen LogP) is 6.98. The third-order valence-corrected chi connectivity index (χ3v) is 12.7. The van der Waals surface area contributed by atoms with Crippen molar-refractivity contribution in [3.05, 3.63) is 114 Å². The third kappa shape index (κ3) is 5.05. The minimum atomic E-state index is -2.24. The van der Waals surface area contributed by atoms with E-state index in [0.717, 1.165) is 24.3 Å². The number of benzene rings is 3. The van der Waals surface area contributed by atoms with E-state index in [0.29, 0.717) is 10.0 Å². The quantitative estimate of drug-likeness (QED) is 0.0730. The smallest absolute Gasteiger partial charge is 0.273 e. The molecule has 3 aromatic rings. The number of hydrogen-bond donors (Lipinski definition) is 0. The maximum Gasteiger partial charge on any atom is 0.273 e. The fourth-order valence-electron chi connectivity index (χ4n) is 6.03. The SMILES string of the molecule is O=C(CN(C(=O)c1ccc([N+](=O)[O-])cc1)N1C(=O)[C@H]2[C@H](C1=O)[C@@]1(Cl)C(Cl)=C(Cl)[C@@]2(Cl)C1(Cl)Cl)c1ccc(Oc2ccc([N+](=O)[O-])cc2)cc1. The lowest BCUT2D eigenvalue weighted by molar-refractivity contribution is -0.385. The molecule has 252 valence electrons. The van der Waals surface area contributed by atoms with E-state index in [2.05, 4.69) is 0 Å². The Morgan fingerprint density at radius 3 is 1.53 bits per heavy atom. The van der Waals surface area contributed by atoms with Crippen molar-refractivity contribution < 1.29 is 33.8 Å². The summed E-state index contributed by atoms with van der Waals surface area (Å²) in [6.45, 7) is -0.887. The number of carbonyl (C=O) groups excluding carboxylic acids is 4. The largest absolute Gasteiger partial charge is 0.457 e. The van der Waals surface area contributed by atoms with Gasteiger partial charge in [0.05, 0.1) is 31.7 Å². The van der Waals surface area contributed by atoms with Crippen molar-refractivity contribution in [2.45, 2.75) is 14.1 Å². The van der Waals surface area contributed by atoms with Gasteiger partial charge in [0, 0.05) is 35.4 Å². The highest BCUT2D eigenvalue weighted by Crippen LogP contribution is 2.77. The molecule has 1 saturated heterocycles. The highest BCUT2D eigenvalue weighted by molar-refractivity contribution is 6.66. The van der Waals surface area contributed by atoms with Crippen molar-refractivity contribution in [1.29, 1.82) is 0 Å². The molecule has 3 aliphatic rings. The number of hydrazine groups is 1. The summed E-state index contributed by atoms with van der Waals surface area (Å²) in [5, 5.41) is 22.3. The van der Waals surface area contributed by atoms with Gasteiger partial charge in [-0.15, -0.1) is 23.2 Å². The predicted molar refractivity (Wildman–Crippen MR) is 177 cm³/mol. The van der Waals surface area contributed by atoms with Crippen LogP contribution in [0, 0.1) is 32.1 Å². The average molecular weight is 789 g/mol. The Hall–Kier alpha value is -3.98. The van der Waals surface area contributed by atoms with E-state index in [9.17, 15) is 39.4 Å². The molecule has 1 aliphatic heterocycles. The van der Waals surface area contributed by atoms with Gasteiger partial charge in [0.15, 0.2) is 10.1 Å². The number of halogens is 6. The lowest BCUT2D eigenvalue weighted by atomic mass is 9.84. The maximum atomic E-state index is 14.1. The zero-order chi connectivity index (χ0) is 35.8. The fourth-order valence-corrected chi connectivity index (χ4v) is 8.96. The minimum absolute atomic E-state index is 0.0211. The van der Waals surface area contributed by atoms with Crippen molar-refractivity contribution in [2.75, 3.05) is 6.54 Å². The number of fused-ring (bicyclic) bond motifs is 5. The number of nitro groups is 2. The Morgan fingerprint density at radius 1 is 0.714 bits per heavy atom. The van der Waals surface area contributed by atoms with Gasteiger partial charge in [-0.1, -0.05) is 46.4 Å². The van der Waals surface area contributed by atoms with E-state index in [4.69, 9.17) is 74.3 Å². The summed E-state index contributed by atoms with van der Waals surface area (Å²) in [4.78, 5) is 72.1. The number of imide groups is 1. The van der Waals surface area contributed by atoms with Crippen molar-refractivity contribution in [2.24, 2.45) is 11.8 Å². The monoisotopic (exact) mass is 786 g/mol. The number of nitro benzene ring substituents is 2. The molecule has 1 heterocycles. The zero-order valence-corrected chi connectivity index (χ0v) is 28.6. The molecule has 0 N–H and O–H groups in total. The number of alkyl halides is 4. The van der Waals surface area contributed by atoms with Crippen LogP contribution in [-0.2, 0) is 9.59 Å². The lowest BCUT2D eigenvalue weighted by Crippen LogP contribution is -2.56. The molecule has 6 rings (SSSR count). The van der Waals surface area contributed by atoms with Crippen LogP contribution in [0.5, 0.6) is 11.5 Å². The molecule has 49 heavy (non-hydrogen) atoms. The molecule has 0 aromatic heterocycles. The number of hydrogen-bond acceptors (Lipinski definition) is 9. The van der Waals surface area contributed by atoms with Crippen molar-refractivity contribution in [1.82, 2.24) is 10.0 Å². The molecule has 3 aromatic carbocycles. The number of non-ortho nitro benzene ring substituents is 2. The van der Waals surface area contributed by atoms with E-state index >= 15 is 0 Å². The number of nitrogens with zero attached hydrogens (tertiary/aromatic N) is 4. The number of ether oxygens (including phenoxy) is 1. The standard InChI is InChI=1S/C30H16Cl6N4O9/c31-23-24(32)29(34)22-21(28(23,33)30(29,35)36)26(43)38(27(22)44)37(25(42)15-1-5-16(6-2-15)39(45)46)13-20(41)14-3-9-18(10-4-14)49-19-11-7-17(8-12-19)40(47)48/h1-12,21-22H,13H2/t21-,22-,28-,29-/m1/s1. The number of Topliss-reactive ketones (excluding diaryl/α,β-unsaturated/α-hetero) is 1. The first kappa shape index (κ1) is 34.9. The first-order valence-corrected chi connectivity index (χ1v) is 16.0. The Morgan fingerprint density at radius 2 is 1.10 bits per heavy atom. The molecule has 2 fully saturated rings. The Balaban J connectivity index is 1.32. The van der Waals surface area contributed by atoms with Gasteiger partial charge in [0.25, 0.3) is 29.1 Å². The molecule has 13 nitrogen and oxygen atoms in total. The number of amides is 3. The second-order valence-electron chi connectivity index (χ2n) is 11.0. The average Bonchev–Trinajstić information content (AvgIpc) is 3.46. The Labute approximate surface area is 305 Å². The molecular formula is C30H16Cl6N4O9. The summed E-state index contributed by atoms with van der Waals surface area (Å²) in [7, 11) is 0. The molecule has 1 saturated carbocycles. The van der Waals surface area contributed by atoms with E-state index in [-0.39, 0.29) is 44.1 Å². The maximum absolute atomic E-state index is 14.1. The second-order valence-corrected chi connectivity index (χ2v) is 14.3. The molecule has 0 unspecified atom stereocenters. The van der Waals surface area contributed by atoms with Gasteiger partial charge in [0.1, 0.15) is 27.8 Å². The molecule has 0 radical (unpaired) electrons. The van der Waals surface area contributed by atoms with Crippen LogP contribution in [-0.4, -0.2) is 64.0 Å². The van der Waals surface area contributed by atoms with Crippen molar-refractivity contribution in [3.8, 4) is 11.5 Å². The van der Waals surface area contributed by atoms with Crippen LogP contribution in [0.3, 0.4) is 0 Å². The first-order chi connectivity index (χ1) is 23.0. The fraction of sp³-hybridized carbons (Fsp3) is 0.200. The van der Waals surface area contributed by atoms with Crippen LogP contribution < -0.4 is 4.74 Å². The number of carbonyl (C=O) groups is 4. The molecule has 2 bridgehead atoms. The van der Waals surface area contributed by atoms with Gasteiger partial charge >= 0.3 is 0 Å². The van der Waals surface area contributed by atoms with Gasteiger partial charge in [-0.05, 0) is 48.5 Å². The van der Waals surface area contributed by atoms with Crippen LogP contribution in [0.1, 0.15) is 20.7 Å². The van der Waals surface area contributed by atoms with E-state index in [1.54, 1.807) is 0 Å². The number of ketones is 1. The summed E-state index contributed by atoms with van der Waals surface area (Å²) >= 11 is 39.5. The number of allylic oxidation sites excluding steroid dienone is 2. The minimum Gasteiger partial charge on any atom is -0.457 e. The molecule has 0 spiro atoms. The third-order valence-electron chi connectivity index (χ3n) is 8.44.